The number of thioether (sulfide) groups is 1. The summed E-state index contributed by atoms with van der Waals surface area (Å²) in [5.41, 5.74) is 0.683. The number of carbonyl (C=O) groups excluding carboxylic acids is 5. The highest BCUT2D eigenvalue weighted by molar-refractivity contribution is 7.98. The number of aliphatic hydroxyl groups is 1. The monoisotopic (exact) mass is 849 g/mol. The van der Waals surface area contributed by atoms with Crippen LogP contribution in [-0.2, 0) is 48.0 Å². The minimum Gasteiger partial charge on any atom is -0.460 e. The van der Waals surface area contributed by atoms with Crippen molar-refractivity contribution in [2.45, 2.75) is 142 Å². The molecule has 0 aliphatic heterocycles. The van der Waals surface area contributed by atoms with E-state index in [1.807, 2.05) is 37.4 Å². The minimum absolute atomic E-state index is 0.0226. The molecule has 6 N–H and O–H groups in total. The van der Waals surface area contributed by atoms with Crippen molar-refractivity contribution < 1.29 is 47.3 Å². The molecular formula is C43H65F2N5O8S. The van der Waals surface area contributed by atoms with E-state index in [4.69, 9.17) is 9.47 Å². The normalized spacial score (nSPS) is 14.3. The van der Waals surface area contributed by atoms with Gasteiger partial charge in [0.05, 0.1) is 12.1 Å². The summed E-state index contributed by atoms with van der Waals surface area (Å²) in [7, 11) is 0. The van der Waals surface area contributed by atoms with Crippen LogP contribution in [0.2, 0.25) is 0 Å². The van der Waals surface area contributed by atoms with Crippen molar-refractivity contribution in [3.63, 3.8) is 0 Å². The van der Waals surface area contributed by atoms with Crippen LogP contribution >= 0.6 is 11.8 Å². The summed E-state index contributed by atoms with van der Waals surface area (Å²) in [6.07, 6.45) is 0.221. The average Bonchev–Trinajstić information content (AvgIpc) is 3.11. The van der Waals surface area contributed by atoms with Crippen molar-refractivity contribution in [3.05, 3.63) is 70.8 Å². The van der Waals surface area contributed by atoms with Gasteiger partial charge < -0.3 is 41.2 Å². The van der Waals surface area contributed by atoms with Crippen molar-refractivity contribution in [1.82, 2.24) is 26.6 Å². The zero-order valence-corrected chi connectivity index (χ0v) is 36.9. The predicted octanol–water partition coefficient (Wildman–Crippen LogP) is 5.10. The Balaban J connectivity index is 2.30. The number of aryl methyl sites for hydroxylation is 1. The number of hydrogen-bond acceptors (Lipinski definition) is 10. The number of amides is 4. The fraction of sp³-hybridized carbons (Fsp3) is 0.605. The number of hydrogen-bond donors (Lipinski definition) is 6. The topological polar surface area (TPSA) is 184 Å². The third-order valence-electron chi connectivity index (χ3n) is 8.81. The van der Waals surface area contributed by atoms with Crippen molar-refractivity contribution in [3.8, 4) is 0 Å². The summed E-state index contributed by atoms with van der Waals surface area (Å²) < 4.78 is 39.2. The maximum Gasteiger partial charge on any atom is 0.408 e. The molecule has 0 saturated heterocycles. The molecule has 2 rings (SSSR count). The van der Waals surface area contributed by atoms with Gasteiger partial charge in [0.15, 0.2) is 0 Å². The molecule has 0 spiro atoms. The van der Waals surface area contributed by atoms with E-state index in [0.717, 1.165) is 35.7 Å². The first kappa shape index (κ1) is 50.9. The molecule has 0 heterocycles. The van der Waals surface area contributed by atoms with Gasteiger partial charge in [-0.2, -0.15) is 11.8 Å². The molecule has 16 heteroatoms. The van der Waals surface area contributed by atoms with E-state index in [0.29, 0.717) is 12.3 Å². The van der Waals surface area contributed by atoms with Crippen LogP contribution in [0.3, 0.4) is 0 Å². The number of ether oxygens (including phenoxy) is 2. The molecule has 0 unspecified atom stereocenters. The van der Waals surface area contributed by atoms with Gasteiger partial charge in [0.25, 0.3) is 0 Å². The second kappa shape index (κ2) is 24.1. The zero-order valence-electron chi connectivity index (χ0n) is 36.1. The van der Waals surface area contributed by atoms with Crippen molar-refractivity contribution in [2.24, 2.45) is 5.92 Å². The van der Waals surface area contributed by atoms with Crippen LogP contribution in [0.1, 0.15) is 98.3 Å². The van der Waals surface area contributed by atoms with E-state index < -0.39 is 88.8 Å². The Labute approximate surface area is 352 Å². The Morgan fingerprint density at radius 2 is 1.36 bits per heavy atom. The maximum atomic E-state index is 14.2. The first-order chi connectivity index (χ1) is 27.5. The number of nitrogens with one attached hydrogen (secondary N) is 5. The van der Waals surface area contributed by atoms with Gasteiger partial charge in [-0.05, 0) is 114 Å². The molecule has 0 fully saturated rings. The highest BCUT2D eigenvalue weighted by atomic mass is 32.2. The lowest BCUT2D eigenvalue weighted by molar-refractivity contribution is -0.155. The van der Waals surface area contributed by atoms with Crippen LogP contribution in [0.4, 0.5) is 13.6 Å². The lowest BCUT2D eigenvalue weighted by Crippen LogP contribution is -2.60. The van der Waals surface area contributed by atoms with Gasteiger partial charge in [-0.25, -0.2) is 13.6 Å². The van der Waals surface area contributed by atoms with E-state index in [9.17, 15) is 37.9 Å². The van der Waals surface area contributed by atoms with Gasteiger partial charge in [-0.3, -0.25) is 19.2 Å². The lowest BCUT2D eigenvalue weighted by Gasteiger charge is -2.30. The maximum absolute atomic E-state index is 14.2. The van der Waals surface area contributed by atoms with Crippen LogP contribution in [0.25, 0.3) is 0 Å². The Morgan fingerprint density at radius 3 is 1.93 bits per heavy atom. The van der Waals surface area contributed by atoms with Gasteiger partial charge in [0, 0.05) is 25.6 Å². The Morgan fingerprint density at radius 1 is 0.763 bits per heavy atom. The molecule has 330 valence electrons. The van der Waals surface area contributed by atoms with Gasteiger partial charge in [0.1, 0.15) is 41.0 Å². The predicted molar refractivity (Wildman–Crippen MR) is 225 cm³/mol. The number of alkyl carbamates (subject to hydrolysis) is 1. The third-order valence-corrected chi connectivity index (χ3v) is 9.45. The van der Waals surface area contributed by atoms with Crippen LogP contribution < -0.4 is 26.6 Å². The van der Waals surface area contributed by atoms with E-state index >= 15 is 0 Å². The second-order valence-corrected chi connectivity index (χ2v) is 17.9. The van der Waals surface area contributed by atoms with Gasteiger partial charge in [-0.15, -0.1) is 0 Å². The fourth-order valence-corrected chi connectivity index (χ4v) is 6.42. The van der Waals surface area contributed by atoms with Crippen molar-refractivity contribution in [2.75, 3.05) is 18.6 Å². The second-order valence-electron chi connectivity index (χ2n) is 16.9. The molecule has 0 saturated carbocycles. The molecule has 0 radical (unpaired) electrons. The SMILES string of the molecule is CCc1cccc(CNC[C@H](O)[C@@H](Cc2cc(F)cc(F)c2)NC(=O)[C@@H](CCSC)NC(=O)[C@H](NC(=O)[C@H](CCC(=O)OC(C)(C)C)NC(=O)OC(C)(C)C)C(C)C)c1. The zero-order chi connectivity index (χ0) is 44.5. The number of halogens is 2. The Kier molecular flexibility index (Phi) is 20.8. The highest BCUT2D eigenvalue weighted by Gasteiger charge is 2.34. The fourth-order valence-electron chi connectivity index (χ4n) is 5.94. The quantitative estimate of drug-likeness (QED) is 0.0873. The first-order valence-electron chi connectivity index (χ1n) is 20.0. The van der Waals surface area contributed by atoms with E-state index in [2.05, 4.69) is 26.6 Å². The first-order valence-corrected chi connectivity index (χ1v) is 21.4. The molecule has 59 heavy (non-hydrogen) atoms. The number of carbonyl (C=O) groups is 5. The minimum atomic E-state index is -1.29. The van der Waals surface area contributed by atoms with E-state index in [-0.39, 0.29) is 37.8 Å². The van der Waals surface area contributed by atoms with Crippen molar-refractivity contribution >= 4 is 41.5 Å². The van der Waals surface area contributed by atoms with Crippen LogP contribution in [-0.4, -0.2) is 94.9 Å². The van der Waals surface area contributed by atoms with Crippen LogP contribution in [0, 0.1) is 17.6 Å². The Hall–Kier alpha value is -4.28. The molecule has 0 bridgehead atoms. The lowest BCUT2D eigenvalue weighted by atomic mass is 9.99. The van der Waals surface area contributed by atoms with Gasteiger partial charge in [0.2, 0.25) is 17.7 Å². The average molecular weight is 850 g/mol. The highest BCUT2D eigenvalue weighted by Crippen LogP contribution is 2.16. The molecular weight excluding hydrogens is 785 g/mol. The van der Waals surface area contributed by atoms with E-state index in [1.54, 1.807) is 55.4 Å². The summed E-state index contributed by atoms with van der Waals surface area (Å²) in [5, 5.41) is 25.3. The standard InChI is InChI=1S/C43H65F2N5O8S/c1-11-27-13-12-14-28(19-27)24-46-25-35(51)34(22-29-20-30(44)23-31(45)21-29)48-38(53)33(17-18-59-10)47-40(55)37(26(2)3)50-39(54)32(49-41(56)58-43(7,8)9)15-16-36(52)57-42(4,5)6/h12-14,19-21,23,26,32-35,37,46,51H,11,15-18,22,24-25H2,1-10H3,(H,47,55)(H,48,53)(H,49,56)(H,50,54)/t32-,33+,34+,35-,37+/m0/s1. The summed E-state index contributed by atoms with van der Waals surface area (Å²) in [5.74, 6) is -4.38. The number of benzene rings is 2. The molecule has 0 aliphatic carbocycles. The largest absolute Gasteiger partial charge is 0.460 e. The molecule has 13 nitrogen and oxygen atoms in total. The molecule has 0 aliphatic rings. The summed E-state index contributed by atoms with van der Waals surface area (Å²) in [6.45, 7) is 15.9. The molecule has 5 atom stereocenters. The van der Waals surface area contributed by atoms with Crippen LogP contribution in [0.5, 0.6) is 0 Å². The van der Waals surface area contributed by atoms with Crippen LogP contribution in [0.15, 0.2) is 42.5 Å². The molecule has 2 aromatic carbocycles. The number of rotatable bonds is 22. The van der Waals surface area contributed by atoms with Crippen molar-refractivity contribution in [1.29, 1.82) is 0 Å². The number of aliphatic hydroxyl groups excluding tert-OH is 1. The summed E-state index contributed by atoms with van der Waals surface area (Å²) >= 11 is 1.43. The number of esters is 1. The molecule has 2 aromatic rings. The molecule has 4 amide bonds. The summed E-state index contributed by atoms with van der Waals surface area (Å²) in [6, 6.07) is 6.28. The third kappa shape index (κ3) is 20.0. The van der Waals surface area contributed by atoms with Gasteiger partial charge in [-0.1, -0.05) is 45.0 Å². The molecule has 0 aromatic heterocycles. The van der Waals surface area contributed by atoms with E-state index in [1.165, 1.54) is 11.8 Å². The Bertz CT molecular complexity index is 1680. The van der Waals surface area contributed by atoms with Gasteiger partial charge >= 0.3 is 12.1 Å². The smallest absolute Gasteiger partial charge is 0.408 e. The summed E-state index contributed by atoms with van der Waals surface area (Å²) in [4.78, 5) is 66.9.